The van der Waals surface area contributed by atoms with Crippen LogP contribution in [0.4, 0.5) is 0 Å². The van der Waals surface area contributed by atoms with Crippen LogP contribution in [0.15, 0.2) is 0 Å². The minimum absolute atomic E-state index is 0.214. The predicted molar refractivity (Wildman–Crippen MR) is 66.5 cm³/mol. The number of carbonyl (C=O) groups excluding carboxylic acids is 1. The molecule has 94 valence electrons. The molecule has 16 heavy (non-hydrogen) atoms. The van der Waals surface area contributed by atoms with Gasteiger partial charge >= 0.3 is 0 Å². The Morgan fingerprint density at radius 3 is 2.56 bits per heavy atom. The Hall–Kier alpha value is -0.370. The van der Waals surface area contributed by atoms with Gasteiger partial charge in [0, 0.05) is 5.41 Å². The van der Waals surface area contributed by atoms with Gasteiger partial charge in [0.25, 0.3) is 0 Å². The van der Waals surface area contributed by atoms with Gasteiger partial charge in [-0.2, -0.15) is 0 Å². The highest BCUT2D eigenvalue weighted by Gasteiger charge is 2.25. The zero-order chi connectivity index (χ0) is 12.2. The highest BCUT2D eigenvalue weighted by Crippen LogP contribution is 2.28. The molecule has 0 aromatic heterocycles. The molecular weight excluding hydrogens is 200 g/mol. The van der Waals surface area contributed by atoms with E-state index in [1.165, 1.54) is 19.3 Å². The Morgan fingerprint density at radius 2 is 2.00 bits per heavy atom. The van der Waals surface area contributed by atoms with Crippen LogP contribution >= 0.6 is 0 Å². The van der Waals surface area contributed by atoms with Crippen molar-refractivity contribution in [2.24, 2.45) is 11.3 Å². The zero-order valence-corrected chi connectivity index (χ0v) is 11.2. The van der Waals surface area contributed by atoms with Crippen molar-refractivity contribution >= 4 is 5.78 Å². The Bertz CT molecular complexity index is 227. The number of hydrogen-bond donors (Lipinski definition) is 0. The second-order valence-corrected chi connectivity index (χ2v) is 6.05. The van der Waals surface area contributed by atoms with Gasteiger partial charge in [-0.15, -0.1) is 0 Å². The molecule has 0 spiro atoms. The monoisotopic (exact) mass is 226 g/mol. The first-order valence-electron chi connectivity index (χ1n) is 6.58. The van der Waals surface area contributed by atoms with Gasteiger partial charge in [-0.25, -0.2) is 0 Å². The van der Waals surface area contributed by atoms with E-state index in [0.29, 0.717) is 12.7 Å². The maximum atomic E-state index is 11.7. The molecule has 0 heterocycles. The maximum absolute atomic E-state index is 11.7. The largest absolute Gasteiger partial charge is 0.370 e. The second kappa shape index (κ2) is 5.81. The Morgan fingerprint density at radius 1 is 1.31 bits per heavy atom. The third-order valence-electron chi connectivity index (χ3n) is 3.60. The van der Waals surface area contributed by atoms with E-state index in [-0.39, 0.29) is 11.2 Å². The molecule has 2 unspecified atom stereocenters. The zero-order valence-electron chi connectivity index (χ0n) is 11.2. The Kier molecular flexibility index (Phi) is 4.97. The van der Waals surface area contributed by atoms with Gasteiger partial charge in [0.1, 0.15) is 6.61 Å². The topological polar surface area (TPSA) is 26.3 Å². The van der Waals surface area contributed by atoms with E-state index in [0.717, 1.165) is 18.8 Å². The molecule has 2 heteroatoms. The minimum atomic E-state index is -0.265. The first-order valence-corrected chi connectivity index (χ1v) is 6.58. The van der Waals surface area contributed by atoms with Crippen LogP contribution in [0.3, 0.4) is 0 Å². The summed E-state index contributed by atoms with van der Waals surface area (Å²) in [7, 11) is 0. The maximum Gasteiger partial charge on any atom is 0.163 e. The fourth-order valence-electron chi connectivity index (χ4n) is 2.17. The average molecular weight is 226 g/mol. The molecule has 1 aliphatic carbocycles. The summed E-state index contributed by atoms with van der Waals surface area (Å²) in [5, 5.41) is 0. The molecule has 0 N–H and O–H groups in total. The highest BCUT2D eigenvalue weighted by molar-refractivity contribution is 5.84. The van der Waals surface area contributed by atoms with Crippen molar-refractivity contribution in [2.45, 2.75) is 65.9 Å². The van der Waals surface area contributed by atoms with Gasteiger partial charge in [-0.3, -0.25) is 4.79 Å². The summed E-state index contributed by atoms with van der Waals surface area (Å²) in [4.78, 5) is 11.7. The number of ketones is 1. The van der Waals surface area contributed by atoms with E-state index in [2.05, 4.69) is 6.92 Å². The van der Waals surface area contributed by atoms with Crippen molar-refractivity contribution in [1.82, 2.24) is 0 Å². The van der Waals surface area contributed by atoms with E-state index < -0.39 is 0 Å². The van der Waals surface area contributed by atoms with E-state index in [9.17, 15) is 4.79 Å². The molecule has 0 aromatic rings. The summed E-state index contributed by atoms with van der Waals surface area (Å²) in [6.07, 6.45) is 6.44. The number of hydrogen-bond acceptors (Lipinski definition) is 2. The van der Waals surface area contributed by atoms with Crippen molar-refractivity contribution in [3.05, 3.63) is 0 Å². The van der Waals surface area contributed by atoms with Crippen LogP contribution in [0.25, 0.3) is 0 Å². The standard InChI is InChI=1S/C14H26O2/c1-5-11-7-6-8-12(9-11)16-10-13(15)14(2,3)4/h11-12H,5-10H2,1-4H3. The molecule has 1 rings (SSSR count). The summed E-state index contributed by atoms with van der Waals surface area (Å²) in [5.74, 6) is 1.02. The normalized spacial score (nSPS) is 26.8. The number of rotatable bonds is 4. The van der Waals surface area contributed by atoms with Crippen LogP contribution in [0.1, 0.15) is 59.8 Å². The molecule has 1 fully saturated rings. The van der Waals surface area contributed by atoms with Gasteiger partial charge in [0.15, 0.2) is 5.78 Å². The summed E-state index contributed by atoms with van der Waals surface area (Å²) in [6, 6.07) is 0. The molecule has 1 saturated carbocycles. The van der Waals surface area contributed by atoms with Crippen molar-refractivity contribution in [2.75, 3.05) is 6.61 Å². The molecular formula is C14H26O2. The van der Waals surface area contributed by atoms with Crippen molar-refractivity contribution in [3.63, 3.8) is 0 Å². The van der Waals surface area contributed by atoms with Gasteiger partial charge in [0.05, 0.1) is 6.10 Å². The molecule has 2 nitrogen and oxygen atoms in total. The molecule has 0 aliphatic heterocycles. The number of carbonyl (C=O) groups is 1. The second-order valence-electron chi connectivity index (χ2n) is 6.05. The average Bonchev–Trinajstić information content (AvgIpc) is 2.25. The van der Waals surface area contributed by atoms with Gasteiger partial charge in [-0.05, 0) is 18.8 Å². The summed E-state index contributed by atoms with van der Waals surface area (Å²) >= 11 is 0. The Labute approximate surface area is 99.8 Å². The lowest BCUT2D eigenvalue weighted by Gasteiger charge is -2.29. The summed E-state index contributed by atoms with van der Waals surface area (Å²) < 4.78 is 5.75. The molecule has 0 bridgehead atoms. The summed E-state index contributed by atoms with van der Waals surface area (Å²) in [6.45, 7) is 8.40. The fraction of sp³-hybridized carbons (Fsp3) is 0.929. The molecule has 0 amide bonds. The van der Waals surface area contributed by atoms with Crippen LogP contribution in [0.2, 0.25) is 0 Å². The van der Waals surface area contributed by atoms with Crippen LogP contribution in [0, 0.1) is 11.3 Å². The van der Waals surface area contributed by atoms with Crippen LogP contribution in [0.5, 0.6) is 0 Å². The lowest BCUT2D eigenvalue weighted by atomic mass is 9.85. The molecule has 1 aliphatic rings. The van der Waals surface area contributed by atoms with Crippen molar-refractivity contribution < 1.29 is 9.53 Å². The van der Waals surface area contributed by atoms with Gasteiger partial charge in [-0.1, -0.05) is 47.0 Å². The first kappa shape index (κ1) is 13.7. The van der Waals surface area contributed by atoms with E-state index >= 15 is 0 Å². The highest BCUT2D eigenvalue weighted by atomic mass is 16.5. The number of Topliss-reactive ketones (excluding diaryl/α,β-unsaturated/α-hetero) is 1. The van der Waals surface area contributed by atoms with Crippen LogP contribution in [-0.2, 0) is 9.53 Å². The van der Waals surface area contributed by atoms with Crippen molar-refractivity contribution in [1.29, 1.82) is 0 Å². The minimum Gasteiger partial charge on any atom is -0.370 e. The number of ether oxygens (including phenoxy) is 1. The smallest absolute Gasteiger partial charge is 0.163 e. The quantitative estimate of drug-likeness (QED) is 0.732. The van der Waals surface area contributed by atoms with E-state index in [1.54, 1.807) is 0 Å². The Balaban J connectivity index is 2.30. The SMILES string of the molecule is CCC1CCCC(OCC(=O)C(C)(C)C)C1. The summed E-state index contributed by atoms with van der Waals surface area (Å²) in [5.41, 5.74) is -0.265. The molecule has 0 radical (unpaired) electrons. The molecule has 0 saturated heterocycles. The molecule has 0 aromatic carbocycles. The van der Waals surface area contributed by atoms with Gasteiger partial charge in [0.2, 0.25) is 0 Å². The fourth-order valence-corrected chi connectivity index (χ4v) is 2.17. The van der Waals surface area contributed by atoms with E-state index in [1.807, 2.05) is 20.8 Å². The van der Waals surface area contributed by atoms with Crippen LogP contribution < -0.4 is 0 Å². The van der Waals surface area contributed by atoms with E-state index in [4.69, 9.17) is 4.74 Å². The van der Waals surface area contributed by atoms with Gasteiger partial charge < -0.3 is 4.74 Å². The van der Waals surface area contributed by atoms with Crippen LogP contribution in [-0.4, -0.2) is 18.5 Å². The third-order valence-corrected chi connectivity index (χ3v) is 3.60. The lowest BCUT2D eigenvalue weighted by Crippen LogP contribution is -2.30. The van der Waals surface area contributed by atoms with Crippen molar-refractivity contribution in [3.8, 4) is 0 Å². The lowest BCUT2D eigenvalue weighted by molar-refractivity contribution is -0.134. The first-order chi connectivity index (χ1) is 7.43. The third kappa shape index (κ3) is 4.25. The molecule has 2 atom stereocenters. The predicted octanol–water partition coefficient (Wildman–Crippen LogP) is 3.59.